The first kappa shape index (κ1) is 16.9. The van der Waals surface area contributed by atoms with Crippen LogP contribution in [-0.2, 0) is 12.0 Å². The Hall–Kier alpha value is -1.51. The molecule has 0 N–H and O–H groups in total. The Labute approximate surface area is 156 Å². The number of thiazole rings is 1. The molecule has 6 nitrogen and oxygen atoms in total. The van der Waals surface area contributed by atoms with Crippen LogP contribution >= 0.6 is 22.7 Å². The molecule has 8 heteroatoms. The minimum Gasteiger partial charge on any atom is -0.345 e. The molecule has 4 heterocycles. The van der Waals surface area contributed by atoms with Gasteiger partial charge in [-0.1, -0.05) is 32.1 Å². The zero-order chi connectivity index (χ0) is 17.4. The van der Waals surface area contributed by atoms with E-state index < -0.39 is 0 Å². The number of fused-ring (bicyclic) bond motifs is 1. The molecule has 134 valence electrons. The van der Waals surface area contributed by atoms with Crippen LogP contribution in [0, 0.1) is 0 Å². The fourth-order valence-electron chi connectivity index (χ4n) is 3.04. The molecule has 0 saturated carbocycles. The highest BCUT2D eigenvalue weighted by atomic mass is 32.1. The van der Waals surface area contributed by atoms with Gasteiger partial charge in [0.15, 0.2) is 0 Å². The Morgan fingerprint density at radius 3 is 2.76 bits per heavy atom. The average Bonchev–Trinajstić information content (AvgIpc) is 3.21. The zero-order valence-corrected chi connectivity index (χ0v) is 16.6. The molecule has 0 aromatic carbocycles. The molecule has 0 aliphatic carbocycles. The van der Waals surface area contributed by atoms with Gasteiger partial charge in [0.05, 0.1) is 23.1 Å². The van der Waals surface area contributed by atoms with Crippen molar-refractivity contribution < 1.29 is 0 Å². The smallest absolute Gasteiger partial charge is 0.214 e. The molecule has 0 atom stereocenters. The number of anilines is 1. The molecule has 4 rings (SSSR count). The number of nitrogens with zero attached hydrogens (tertiary/aromatic N) is 6. The zero-order valence-electron chi connectivity index (χ0n) is 15.0. The molecular weight excluding hydrogens is 352 g/mol. The summed E-state index contributed by atoms with van der Waals surface area (Å²) < 4.78 is 1.94. The molecule has 3 aromatic rings. The maximum Gasteiger partial charge on any atom is 0.214 e. The first-order chi connectivity index (χ1) is 12.0. The fraction of sp³-hybridized carbons (Fsp3) is 0.588. The lowest BCUT2D eigenvalue weighted by atomic mass is 9.93. The third-order valence-corrected chi connectivity index (χ3v) is 6.15. The Bertz CT molecular complexity index is 798. The van der Waals surface area contributed by atoms with Gasteiger partial charge >= 0.3 is 0 Å². The lowest BCUT2D eigenvalue weighted by molar-refractivity contribution is 0.282. The van der Waals surface area contributed by atoms with E-state index in [1.165, 1.54) is 5.69 Å². The highest BCUT2D eigenvalue weighted by Gasteiger charge is 2.22. The minimum absolute atomic E-state index is 0.0619. The topological polar surface area (TPSA) is 49.6 Å². The van der Waals surface area contributed by atoms with Crippen molar-refractivity contribution in [3.8, 4) is 0 Å². The van der Waals surface area contributed by atoms with Crippen LogP contribution in [0.25, 0.3) is 4.96 Å². The van der Waals surface area contributed by atoms with Crippen molar-refractivity contribution in [2.75, 3.05) is 31.1 Å². The van der Waals surface area contributed by atoms with E-state index in [4.69, 9.17) is 10.1 Å². The summed E-state index contributed by atoms with van der Waals surface area (Å²) >= 11 is 3.36. The molecule has 3 aromatic heterocycles. The molecule has 0 spiro atoms. The summed E-state index contributed by atoms with van der Waals surface area (Å²) in [6.07, 6.45) is 3.22. The van der Waals surface area contributed by atoms with E-state index in [-0.39, 0.29) is 5.41 Å². The number of hydrogen-bond acceptors (Lipinski definition) is 7. The van der Waals surface area contributed by atoms with Gasteiger partial charge in [-0.15, -0.1) is 16.4 Å². The van der Waals surface area contributed by atoms with Crippen LogP contribution in [0.4, 0.5) is 5.13 Å². The van der Waals surface area contributed by atoms with E-state index in [0.717, 1.165) is 54.9 Å². The monoisotopic (exact) mass is 376 g/mol. The molecule has 25 heavy (non-hydrogen) atoms. The molecule has 1 saturated heterocycles. The van der Waals surface area contributed by atoms with Gasteiger partial charge in [-0.05, 0) is 6.42 Å². The van der Waals surface area contributed by atoms with Crippen LogP contribution in [0.5, 0.6) is 0 Å². The molecule has 0 bridgehead atoms. The Morgan fingerprint density at radius 1 is 1.16 bits per heavy atom. The number of imidazole rings is 1. The fourth-order valence-corrected chi connectivity index (χ4v) is 4.53. The van der Waals surface area contributed by atoms with Crippen molar-refractivity contribution in [1.82, 2.24) is 24.5 Å². The van der Waals surface area contributed by atoms with E-state index in [1.54, 1.807) is 22.7 Å². The molecule has 1 aliphatic heterocycles. The lowest BCUT2D eigenvalue weighted by Gasteiger charge is -2.20. The van der Waals surface area contributed by atoms with Crippen molar-refractivity contribution in [2.45, 2.75) is 39.2 Å². The quantitative estimate of drug-likeness (QED) is 0.702. The van der Waals surface area contributed by atoms with E-state index in [9.17, 15) is 0 Å². The van der Waals surface area contributed by atoms with Crippen molar-refractivity contribution in [3.05, 3.63) is 28.5 Å². The minimum atomic E-state index is 0.0619. The summed E-state index contributed by atoms with van der Waals surface area (Å²) in [6, 6.07) is 0. The summed E-state index contributed by atoms with van der Waals surface area (Å²) in [5, 5.41) is 8.01. The second-order valence-corrected chi connectivity index (χ2v) is 9.24. The van der Waals surface area contributed by atoms with Crippen LogP contribution in [0.2, 0.25) is 0 Å². The SMILES string of the molecule is CC(C)(C)c1cn2nc(N3CCCN(Cc4cscn4)CC3)sc2n1. The second kappa shape index (κ2) is 6.66. The van der Waals surface area contributed by atoms with Crippen molar-refractivity contribution >= 4 is 32.8 Å². The highest BCUT2D eigenvalue weighted by molar-refractivity contribution is 7.20. The van der Waals surface area contributed by atoms with Crippen LogP contribution in [0.1, 0.15) is 38.6 Å². The van der Waals surface area contributed by atoms with Gasteiger partial charge < -0.3 is 4.90 Å². The van der Waals surface area contributed by atoms with Crippen molar-refractivity contribution in [2.24, 2.45) is 0 Å². The predicted octanol–water partition coefficient (Wildman–Crippen LogP) is 3.26. The van der Waals surface area contributed by atoms with Gasteiger partial charge in [-0.3, -0.25) is 4.90 Å². The normalized spacial score (nSPS) is 17.3. The largest absolute Gasteiger partial charge is 0.345 e. The standard InChI is InChI=1S/C17H24N6S2/c1-17(2,3)14-10-23-15(19-14)25-16(20-23)22-6-4-5-21(7-8-22)9-13-11-24-12-18-13/h10-12H,4-9H2,1-3H3. The van der Waals surface area contributed by atoms with E-state index in [0.29, 0.717) is 0 Å². The third-order valence-electron chi connectivity index (χ3n) is 4.53. The van der Waals surface area contributed by atoms with Gasteiger partial charge in [0.1, 0.15) is 0 Å². The average molecular weight is 377 g/mol. The summed E-state index contributed by atoms with van der Waals surface area (Å²) in [6.45, 7) is 11.7. The Balaban J connectivity index is 1.45. The second-order valence-electron chi connectivity index (χ2n) is 7.58. The molecule has 0 radical (unpaired) electrons. The van der Waals surface area contributed by atoms with Gasteiger partial charge in [-0.2, -0.15) is 0 Å². The summed E-state index contributed by atoms with van der Waals surface area (Å²) in [5.74, 6) is 0. The highest BCUT2D eigenvalue weighted by Crippen LogP contribution is 2.28. The molecule has 1 aliphatic rings. The van der Waals surface area contributed by atoms with Crippen LogP contribution < -0.4 is 4.90 Å². The summed E-state index contributed by atoms with van der Waals surface area (Å²) in [5.41, 5.74) is 4.26. The van der Waals surface area contributed by atoms with Crippen molar-refractivity contribution in [3.63, 3.8) is 0 Å². The number of rotatable bonds is 3. The van der Waals surface area contributed by atoms with E-state index in [1.807, 2.05) is 10.0 Å². The van der Waals surface area contributed by atoms with Crippen LogP contribution in [0.3, 0.4) is 0 Å². The lowest BCUT2D eigenvalue weighted by Crippen LogP contribution is -2.30. The Morgan fingerprint density at radius 2 is 2.04 bits per heavy atom. The maximum atomic E-state index is 4.78. The van der Waals surface area contributed by atoms with E-state index >= 15 is 0 Å². The third kappa shape index (κ3) is 3.70. The molecule has 0 unspecified atom stereocenters. The Kier molecular flexibility index (Phi) is 4.51. The van der Waals surface area contributed by atoms with Crippen LogP contribution in [0.15, 0.2) is 17.1 Å². The predicted molar refractivity (Wildman–Crippen MR) is 104 cm³/mol. The van der Waals surface area contributed by atoms with Crippen LogP contribution in [-0.4, -0.2) is 50.7 Å². The first-order valence-corrected chi connectivity index (χ1v) is 10.5. The molecule has 0 amide bonds. The van der Waals surface area contributed by atoms with Gasteiger partial charge in [0.25, 0.3) is 0 Å². The van der Waals surface area contributed by atoms with E-state index in [2.05, 4.69) is 47.1 Å². The molecule has 1 fully saturated rings. The number of hydrogen-bond donors (Lipinski definition) is 0. The van der Waals surface area contributed by atoms with Crippen molar-refractivity contribution in [1.29, 1.82) is 0 Å². The van der Waals surface area contributed by atoms with Gasteiger partial charge in [-0.25, -0.2) is 14.5 Å². The van der Waals surface area contributed by atoms with Gasteiger partial charge in [0, 0.05) is 43.5 Å². The maximum absolute atomic E-state index is 4.78. The molecular formula is C17H24N6S2. The van der Waals surface area contributed by atoms with Gasteiger partial charge in [0.2, 0.25) is 10.1 Å². The number of aromatic nitrogens is 4. The summed E-state index contributed by atoms with van der Waals surface area (Å²) in [7, 11) is 0. The summed E-state index contributed by atoms with van der Waals surface area (Å²) in [4.78, 5) is 15.1. The first-order valence-electron chi connectivity index (χ1n) is 8.70.